The van der Waals surface area contributed by atoms with Gasteiger partial charge in [-0.15, -0.1) is 0 Å². The van der Waals surface area contributed by atoms with Crippen LogP contribution in [0.2, 0.25) is 0 Å². The largest absolute Gasteiger partial charge is 0.383 e. The number of hydrogen-bond donors (Lipinski definition) is 2. The van der Waals surface area contributed by atoms with Gasteiger partial charge in [-0.2, -0.15) is 0 Å². The van der Waals surface area contributed by atoms with E-state index in [1.165, 1.54) is 0 Å². The molecule has 0 aromatic heterocycles. The van der Waals surface area contributed by atoms with Crippen LogP contribution in [0.1, 0.15) is 12.8 Å². The summed E-state index contributed by atoms with van der Waals surface area (Å²) in [6.45, 7) is 3.05. The van der Waals surface area contributed by atoms with Gasteiger partial charge in [0, 0.05) is 20.3 Å². The van der Waals surface area contributed by atoms with Crippen LogP contribution < -0.4 is 10.6 Å². The first-order valence-electron chi connectivity index (χ1n) is 4.94. The molecule has 2 N–H and O–H groups in total. The highest BCUT2D eigenvalue weighted by Gasteiger charge is 2.13. The summed E-state index contributed by atoms with van der Waals surface area (Å²) < 4.78 is 10.2. The fourth-order valence-electron chi connectivity index (χ4n) is 1.36. The fraction of sp³-hybridized carbons (Fsp3) is 0.889. The van der Waals surface area contributed by atoms with E-state index >= 15 is 0 Å². The zero-order valence-electron chi connectivity index (χ0n) is 8.54. The Morgan fingerprint density at radius 3 is 3.14 bits per heavy atom. The number of thiocarbonyl (C=S) groups is 1. The number of methoxy groups -OCH3 is 1. The molecule has 14 heavy (non-hydrogen) atoms. The van der Waals surface area contributed by atoms with Gasteiger partial charge in [-0.1, -0.05) is 0 Å². The molecule has 82 valence electrons. The fourth-order valence-corrected chi connectivity index (χ4v) is 1.63. The van der Waals surface area contributed by atoms with Crippen molar-refractivity contribution in [3.63, 3.8) is 0 Å². The van der Waals surface area contributed by atoms with Crippen molar-refractivity contribution in [1.29, 1.82) is 0 Å². The number of hydrogen-bond acceptors (Lipinski definition) is 3. The molecule has 0 aromatic rings. The zero-order valence-corrected chi connectivity index (χ0v) is 9.36. The molecule has 1 unspecified atom stereocenters. The minimum Gasteiger partial charge on any atom is -0.383 e. The SMILES string of the molecule is COCCNC(=S)NC1CCCOC1. The minimum absolute atomic E-state index is 0.367. The molecule has 4 nitrogen and oxygen atoms in total. The third-order valence-electron chi connectivity index (χ3n) is 2.09. The Morgan fingerprint density at radius 1 is 1.64 bits per heavy atom. The molecule has 1 aliphatic rings. The first-order chi connectivity index (χ1) is 6.83. The van der Waals surface area contributed by atoms with Gasteiger partial charge in [-0.25, -0.2) is 0 Å². The van der Waals surface area contributed by atoms with Gasteiger partial charge in [0.05, 0.1) is 19.3 Å². The Balaban J connectivity index is 2.06. The standard InChI is InChI=1S/C9H18N2O2S/c1-12-6-4-10-9(14)11-8-3-2-5-13-7-8/h8H,2-7H2,1H3,(H2,10,11,14). The summed E-state index contributed by atoms with van der Waals surface area (Å²) in [5, 5.41) is 6.98. The first kappa shape index (κ1) is 11.7. The second-order valence-electron chi connectivity index (χ2n) is 3.31. The molecule has 0 aliphatic carbocycles. The van der Waals surface area contributed by atoms with E-state index in [1.807, 2.05) is 0 Å². The summed E-state index contributed by atoms with van der Waals surface area (Å²) in [6.07, 6.45) is 2.24. The molecular formula is C9H18N2O2S. The van der Waals surface area contributed by atoms with E-state index < -0.39 is 0 Å². The molecule has 0 bridgehead atoms. The van der Waals surface area contributed by atoms with Crippen LogP contribution in [-0.4, -0.2) is 44.6 Å². The minimum atomic E-state index is 0.367. The molecule has 1 atom stereocenters. The Bertz CT molecular complexity index is 172. The van der Waals surface area contributed by atoms with Gasteiger partial charge in [0.15, 0.2) is 5.11 Å². The van der Waals surface area contributed by atoms with Gasteiger partial charge in [0.2, 0.25) is 0 Å². The molecule has 1 rings (SSSR count). The first-order valence-corrected chi connectivity index (χ1v) is 5.35. The molecule has 0 radical (unpaired) electrons. The van der Waals surface area contributed by atoms with Crippen LogP contribution in [0, 0.1) is 0 Å². The van der Waals surface area contributed by atoms with Crippen molar-refractivity contribution in [2.45, 2.75) is 18.9 Å². The Morgan fingerprint density at radius 2 is 2.50 bits per heavy atom. The van der Waals surface area contributed by atoms with E-state index in [4.69, 9.17) is 21.7 Å². The van der Waals surface area contributed by atoms with Crippen LogP contribution in [0.5, 0.6) is 0 Å². The van der Waals surface area contributed by atoms with Gasteiger partial charge in [-0.3, -0.25) is 0 Å². The van der Waals surface area contributed by atoms with Crippen LogP contribution in [-0.2, 0) is 9.47 Å². The van der Waals surface area contributed by atoms with Gasteiger partial charge in [-0.05, 0) is 25.1 Å². The molecule has 0 aromatic carbocycles. The summed E-state index contributed by atoms with van der Waals surface area (Å²) in [7, 11) is 1.67. The summed E-state index contributed by atoms with van der Waals surface area (Å²) >= 11 is 5.11. The highest BCUT2D eigenvalue weighted by atomic mass is 32.1. The van der Waals surface area contributed by atoms with E-state index in [-0.39, 0.29) is 0 Å². The average molecular weight is 218 g/mol. The summed E-state index contributed by atoms with van der Waals surface area (Å²) in [5.74, 6) is 0. The molecule has 1 saturated heterocycles. The second-order valence-corrected chi connectivity index (χ2v) is 3.72. The number of nitrogens with one attached hydrogen (secondary N) is 2. The van der Waals surface area contributed by atoms with Crippen molar-refractivity contribution >= 4 is 17.3 Å². The van der Waals surface area contributed by atoms with Crippen molar-refractivity contribution < 1.29 is 9.47 Å². The Kier molecular flexibility index (Phi) is 5.82. The maximum atomic E-state index is 5.33. The summed E-state index contributed by atoms with van der Waals surface area (Å²) in [5.41, 5.74) is 0. The third-order valence-corrected chi connectivity index (χ3v) is 2.35. The van der Waals surface area contributed by atoms with E-state index in [0.717, 1.165) is 32.6 Å². The van der Waals surface area contributed by atoms with Crippen molar-refractivity contribution in [2.24, 2.45) is 0 Å². The average Bonchev–Trinajstić information content (AvgIpc) is 2.20. The normalized spacial score (nSPS) is 21.6. The van der Waals surface area contributed by atoms with Crippen molar-refractivity contribution in [1.82, 2.24) is 10.6 Å². The molecule has 0 spiro atoms. The van der Waals surface area contributed by atoms with Crippen LogP contribution in [0.15, 0.2) is 0 Å². The van der Waals surface area contributed by atoms with E-state index in [2.05, 4.69) is 10.6 Å². The van der Waals surface area contributed by atoms with Gasteiger partial charge < -0.3 is 20.1 Å². The molecule has 1 fully saturated rings. The second kappa shape index (κ2) is 6.98. The Labute approximate surface area is 90.3 Å². The van der Waals surface area contributed by atoms with E-state index in [0.29, 0.717) is 17.8 Å². The van der Waals surface area contributed by atoms with Crippen LogP contribution in [0.25, 0.3) is 0 Å². The molecule has 5 heteroatoms. The maximum Gasteiger partial charge on any atom is 0.166 e. The van der Waals surface area contributed by atoms with E-state index in [9.17, 15) is 0 Å². The number of rotatable bonds is 4. The lowest BCUT2D eigenvalue weighted by molar-refractivity contribution is 0.0763. The van der Waals surface area contributed by atoms with Crippen molar-refractivity contribution in [3.8, 4) is 0 Å². The predicted molar refractivity (Wildman–Crippen MR) is 59.5 cm³/mol. The van der Waals surface area contributed by atoms with Gasteiger partial charge in [0.25, 0.3) is 0 Å². The maximum absolute atomic E-state index is 5.33. The van der Waals surface area contributed by atoms with Crippen LogP contribution in [0.3, 0.4) is 0 Å². The smallest absolute Gasteiger partial charge is 0.166 e. The van der Waals surface area contributed by atoms with Crippen LogP contribution in [0.4, 0.5) is 0 Å². The molecule has 1 aliphatic heterocycles. The van der Waals surface area contributed by atoms with Crippen LogP contribution >= 0.6 is 12.2 Å². The van der Waals surface area contributed by atoms with Crippen molar-refractivity contribution in [3.05, 3.63) is 0 Å². The van der Waals surface area contributed by atoms with Gasteiger partial charge in [0.1, 0.15) is 0 Å². The zero-order chi connectivity index (χ0) is 10.2. The highest BCUT2D eigenvalue weighted by Crippen LogP contribution is 2.05. The lowest BCUT2D eigenvalue weighted by Gasteiger charge is -2.24. The molecular weight excluding hydrogens is 200 g/mol. The molecule has 1 heterocycles. The predicted octanol–water partition coefficient (Wildman–Crippen LogP) is 0.276. The van der Waals surface area contributed by atoms with Gasteiger partial charge >= 0.3 is 0 Å². The monoisotopic (exact) mass is 218 g/mol. The topological polar surface area (TPSA) is 42.5 Å². The summed E-state index contributed by atoms with van der Waals surface area (Å²) in [6, 6.07) is 0.367. The lowest BCUT2D eigenvalue weighted by Crippen LogP contribution is -2.46. The third kappa shape index (κ3) is 4.74. The number of ether oxygens (including phenoxy) is 2. The lowest BCUT2D eigenvalue weighted by atomic mass is 10.1. The highest BCUT2D eigenvalue weighted by molar-refractivity contribution is 7.80. The molecule has 0 amide bonds. The quantitative estimate of drug-likeness (QED) is 0.524. The Hall–Kier alpha value is -0.390. The van der Waals surface area contributed by atoms with Crippen molar-refractivity contribution in [2.75, 3.05) is 33.5 Å². The summed E-state index contributed by atoms with van der Waals surface area (Å²) in [4.78, 5) is 0. The van der Waals surface area contributed by atoms with E-state index in [1.54, 1.807) is 7.11 Å². The molecule has 0 saturated carbocycles.